The van der Waals surface area contributed by atoms with Crippen LogP contribution in [0, 0.1) is 22.6 Å². The van der Waals surface area contributed by atoms with Crippen molar-refractivity contribution in [2.45, 2.75) is 20.8 Å². The molecule has 1 aromatic carbocycles. The number of nitrogens with zero attached hydrogens (tertiary/aromatic N) is 1. The van der Waals surface area contributed by atoms with Gasteiger partial charge >= 0.3 is 0 Å². The normalized spacial score (nSPS) is 12.1. The first-order valence-electron chi connectivity index (χ1n) is 5.27. The molecule has 0 radical (unpaired) electrons. The van der Waals surface area contributed by atoms with Crippen molar-refractivity contribution in [1.29, 1.82) is 5.26 Å². The van der Waals surface area contributed by atoms with E-state index in [4.69, 9.17) is 5.26 Å². The Bertz CT molecular complexity index is 504. The average molecular weight is 231 g/mol. The van der Waals surface area contributed by atoms with Gasteiger partial charge in [0.2, 0.25) is 0 Å². The Balaban J connectivity index is 3.13. The Hall–Kier alpha value is -1.95. The molecular weight excluding hydrogens is 217 g/mol. The maximum absolute atomic E-state index is 13.0. The van der Waals surface area contributed by atoms with Gasteiger partial charge in [0, 0.05) is 5.41 Å². The number of carbonyl (C=O) groups excluding carboxylic acids is 1. The Labute approximate surface area is 100 Å². The van der Waals surface area contributed by atoms with Crippen molar-refractivity contribution in [3.8, 4) is 6.07 Å². The molecule has 0 heterocycles. The molecule has 0 N–H and O–H groups in total. The zero-order chi connectivity index (χ0) is 13.1. The number of benzene rings is 1. The molecule has 0 saturated carbocycles. The summed E-state index contributed by atoms with van der Waals surface area (Å²) in [7, 11) is 0. The Morgan fingerprint density at radius 3 is 2.53 bits per heavy atom. The second-order valence-electron chi connectivity index (χ2n) is 4.80. The number of Topliss-reactive ketones (excluding diaryl/α,β-unsaturated/α-hetero) is 1. The van der Waals surface area contributed by atoms with Crippen LogP contribution in [-0.4, -0.2) is 5.78 Å². The fraction of sp³-hybridized carbons (Fsp3) is 0.286. The Kier molecular flexibility index (Phi) is 3.80. The molecule has 88 valence electrons. The van der Waals surface area contributed by atoms with Crippen molar-refractivity contribution < 1.29 is 9.18 Å². The maximum Gasteiger partial charge on any atom is 0.178 e. The second kappa shape index (κ2) is 4.92. The van der Waals surface area contributed by atoms with Crippen LogP contribution in [0.3, 0.4) is 0 Å². The van der Waals surface area contributed by atoms with Gasteiger partial charge in [-0.15, -0.1) is 0 Å². The minimum atomic E-state index is -0.616. The van der Waals surface area contributed by atoms with Gasteiger partial charge in [-0.05, 0) is 23.8 Å². The number of nitriles is 1. The van der Waals surface area contributed by atoms with E-state index in [0.717, 1.165) is 0 Å². The van der Waals surface area contributed by atoms with E-state index in [1.165, 1.54) is 24.3 Å². The number of hydrogen-bond donors (Lipinski definition) is 0. The standard InChI is InChI=1S/C14H14FNO/c1-14(2,3)13(17)11(9-16)7-10-5-4-6-12(15)8-10/h4-8H,1-3H3/b11-7+. The smallest absolute Gasteiger partial charge is 0.178 e. The molecule has 0 aliphatic carbocycles. The van der Waals surface area contributed by atoms with Crippen LogP contribution in [0.5, 0.6) is 0 Å². The molecule has 0 saturated heterocycles. The number of hydrogen-bond acceptors (Lipinski definition) is 2. The highest BCUT2D eigenvalue weighted by Gasteiger charge is 2.24. The summed E-state index contributed by atoms with van der Waals surface area (Å²) in [5.41, 5.74) is -0.0585. The summed E-state index contributed by atoms with van der Waals surface area (Å²) in [4.78, 5) is 11.9. The monoisotopic (exact) mass is 231 g/mol. The van der Waals surface area contributed by atoms with E-state index in [0.29, 0.717) is 5.56 Å². The van der Waals surface area contributed by atoms with E-state index < -0.39 is 5.41 Å². The van der Waals surface area contributed by atoms with E-state index >= 15 is 0 Å². The Morgan fingerprint density at radius 1 is 1.41 bits per heavy atom. The second-order valence-corrected chi connectivity index (χ2v) is 4.80. The molecule has 0 atom stereocenters. The third kappa shape index (κ3) is 3.53. The average Bonchev–Trinajstić information content (AvgIpc) is 2.24. The summed E-state index contributed by atoms with van der Waals surface area (Å²) in [5, 5.41) is 8.96. The summed E-state index contributed by atoms with van der Waals surface area (Å²) in [6.45, 7) is 5.23. The largest absolute Gasteiger partial charge is 0.293 e. The molecule has 0 bridgehead atoms. The first kappa shape index (κ1) is 13.1. The fourth-order valence-corrected chi connectivity index (χ4v) is 1.32. The highest BCUT2D eigenvalue weighted by atomic mass is 19.1. The van der Waals surface area contributed by atoms with Crippen LogP contribution in [0.15, 0.2) is 29.8 Å². The minimum absolute atomic E-state index is 0.0445. The quantitative estimate of drug-likeness (QED) is 0.578. The number of ketones is 1. The SMILES string of the molecule is CC(C)(C)C(=O)/C(C#N)=C/c1cccc(F)c1. The fourth-order valence-electron chi connectivity index (χ4n) is 1.32. The van der Waals surface area contributed by atoms with E-state index in [2.05, 4.69) is 0 Å². The van der Waals surface area contributed by atoms with Gasteiger partial charge in [0.15, 0.2) is 5.78 Å². The molecule has 0 spiro atoms. The molecular formula is C14H14FNO. The minimum Gasteiger partial charge on any atom is -0.293 e. The molecule has 2 nitrogen and oxygen atoms in total. The topological polar surface area (TPSA) is 40.9 Å². The van der Waals surface area contributed by atoms with Crippen LogP contribution in [0.1, 0.15) is 26.3 Å². The van der Waals surface area contributed by atoms with Gasteiger partial charge in [0.05, 0.1) is 5.57 Å². The van der Waals surface area contributed by atoms with E-state index in [1.54, 1.807) is 26.8 Å². The molecule has 0 aliphatic heterocycles. The van der Waals surface area contributed by atoms with Gasteiger partial charge in [0.25, 0.3) is 0 Å². The third-order valence-electron chi connectivity index (χ3n) is 2.21. The Morgan fingerprint density at radius 2 is 2.06 bits per heavy atom. The lowest BCUT2D eigenvalue weighted by Crippen LogP contribution is -2.21. The zero-order valence-electron chi connectivity index (χ0n) is 10.1. The van der Waals surface area contributed by atoms with Gasteiger partial charge in [-0.2, -0.15) is 5.26 Å². The predicted octanol–water partition coefficient (Wildman–Crippen LogP) is 3.35. The van der Waals surface area contributed by atoms with Gasteiger partial charge in [-0.25, -0.2) is 4.39 Å². The summed E-state index contributed by atoms with van der Waals surface area (Å²) >= 11 is 0. The first-order valence-corrected chi connectivity index (χ1v) is 5.27. The summed E-state index contributed by atoms with van der Waals surface area (Å²) in [6, 6.07) is 7.65. The molecule has 1 rings (SSSR count). The number of allylic oxidation sites excluding steroid dienone is 1. The number of carbonyl (C=O) groups is 1. The molecule has 17 heavy (non-hydrogen) atoms. The lowest BCUT2D eigenvalue weighted by molar-refractivity contribution is -0.121. The molecule has 0 aliphatic rings. The van der Waals surface area contributed by atoms with Gasteiger partial charge < -0.3 is 0 Å². The molecule has 3 heteroatoms. The highest BCUT2D eigenvalue weighted by molar-refractivity contribution is 6.06. The predicted molar refractivity (Wildman–Crippen MR) is 64.5 cm³/mol. The van der Waals surface area contributed by atoms with E-state index in [1.807, 2.05) is 6.07 Å². The van der Waals surface area contributed by atoms with Gasteiger partial charge in [-0.3, -0.25) is 4.79 Å². The van der Waals surface area contributed by atoms with Crippen molar-refractivity contribution in [2.24, 2.45) is 5.41 Å². The molecule has 1 aromatic rings. The van der Waals surface area contributed by atoms with Crippen LogP contribution in [0.4, 0.5) is 4.39 Å². The van der Waals surface area contributed by atoms with Crippen molar-refractivity contribution in [3.63, 3.8) is 0 Å². The van der Waals surface area contributed by atoms with Crippen LogP contribution in [0.2, 0.25) is 0 Å². The zero-order valence-corrected chi connectivity index (χ0v) is 10.1. The van der Waals surface area contributed by atoms with Crippen LogP contribution >= 0.6 is 0 Å². The third-order valence-corrected chi connectivity index (χ3v) is 2.21. The lowest BCUT2D eigenvalue weighted by Gasteiger charge is -2.15. The van der Waals surface area contributed by atoms with Crippen LogP contribution in [0.25, 0.3) is 6.08 Å². The van der Waals surface area contributed by atoms with Crippen LogP contribution < -0.4 is 0 Å². The molecule has 0 unspecified atom stereocenters. The van der Waals surface area contributed by atoms with E-state index in [9.17, 15) is 9.18 Å². The maximum atomic E-state index is 13.0. The van der Waals surface area contributed by atoms with Crippen molar-refractivity contribution in [1.82, 2.24) is 0 Å². The molecule has 0 amide bonds. The van der Waals surface area contributed by atoms with Crippen molar-refractivity contribution in [2.75, 3.05) is 0 Å². The summed E-state index contributed by atoms with van der Waals surface area (Å²) < 4.78 is 13.0. The first-order chi connectivity index (χ1) is 7.84. The number of halogens is 1. The summed E-state index contributed by atoms with van der Waals surface area (Å²) in [5.74, 6) is -0.636. The molecule has 0 fully saturated rings. The van der Waals surface area contributed by atoms with Gasteiger partial charge in [-0.1, -0.05) is 32.9 Å². The van der Waals surface area contributed by atoms with Gasteiger partial charge in [0.1, 0.15) is 11.9 Å². The van der Waals surface area contributed by atoms with E-state index in [-0.39, 0.29) is 17.2 Å². The highest BCUT2D eigenvalue weighted by Crippen LogP contribution is 2.21. The lowest BCUT2D eigenvalue weighted by atomic mass is 9.86. The summed E-state index contributed by atoms with van der Waals surface area (Å²) in [6.07, 6.45) is 1.41. The molecule has 0 aromatic heterocycles. The van der Waals surface area contributed by atoms with Crippen LogP contribution in [-0.2, 0) is 4.79 Å². The van der Waals surface area contributed by atoms with Crippen molar-refractivity contribution in [3.05, 3.63) is 41.2 Å². The number of rotatable bonds is 2. The van der Waals surface area contributed by atoms with Crippen molar-refractivity contribution >= 4 is 11.9 Å².